The number of hydrogen-bond donors (Lipinski definition) is 3. The summed E-state index contributed by atoms with van der Waals surface area (Å²) in [5, 5.41) is 31.4. The van der Waals surface area contributed by atoms with Crippen LogP contribution in [0.2, 0.25) is 0 Å². The summed E-state index contributed by atoms with van der Waals surface area (Å²) in [5.74, 6) is 0. The van der Waals surface area contributed by atoms with Gasteiger partial charge in [0.05, 0.1) is 18.8 Å². The third kappa shape index (κ3) is 2.14. The van der Waals surface area contributed by atoms with Crippen LogP contribution in [0.5, 0.6) is 0 Å². The minimum Gasteiger partial charge on any atom is -0.388 e. The SMILES string of the molecule is C[C@@H]1OC(CN=[N+]=[N-])[C@@H](O)C(O)C1O. The number of nitrogens with zero attached hydrogens (tertiary/aromatic N) is 3. The fraction of sp³-hybridized carbons (Fsp3) is 1.00. The number of hydrogen-bond acceptors (Lipinski definition) is 5. The zero-order valence-electron chi connectivity index (χ0n) is 7.69. The summed E-state index contributed by atoms with van der Waals surface area (Å²) in [6.45, 7) is 1.51. The lowest BCUT2D eigenvalue weighted by Gasteiger charge is -2.38. The molecule has 7 heteroatoms. The van der Waals surface area contributed by atoms with Gasteiger partial charge in [-0.1, -0.05) is 5.11 Å². The van der Waals surface area contributed by atoms with Crippen molar-refractivity contribution in [2.45, 2.75) is 37.4 Å². The molecule has 1 heterocycles. The average molecular weight is 203 g/mol. The number of azide groups is 1. The van der Waals surface area contributed by atoms with E-state index in [1.54, 1.807) is 6.92 Å². The summed E-state index contributed by atoms with van der Waals surface area (Å²) >= 11 is 0. The first kappa shape index (κ1) is 11.2. The second-order valence-corrected chi connectivity index (χ2v) is 3.26. The predicted molar refractivity (Wildman–Crippen MR) is 46.4 cm³/mol. The number of aliphatic hydroxyl groups excluding tert-OH is 3. The third-order valence-electron chi connectivity index (χ3n) is 2.28. The van der Waals surface area contributed by atoms with E-state index in [-0.39, 0.29) is 6.54 Å². The smallest absolute Gasteiger partial charge is 0.111 e. The Labute approximate surface area is 80.6 Å². The summed E-state index contributed by atoms with van der Waals surface area (Å²) in [7, 11) is 0. The quantitative estimate of drug-likeness (QED) is 0.308. The highest BCUT2D eigenvalue weighted by Crippen LogP contribution is 2.20. The molecule has 3 unspecified atom stereocenters. The number of ether oxygens (including phenoxy) is 1. The first-order valence-corrected chi connectivity index (χ1v) is 4.28. The van der Waals surface area contributed by atoms with Crippen molar-refractivity contribution in [2.75, 3.05) is 6.54 Å². The minimum atomic E-state index is -1.27. The van der Waals surface area contributed by atoms with Gasteiger partial charge in [0.1, 0.15) is 18.3 Å². The van der Waals surface area contributed by atoms with Crippen LogP contribution < -0.4 is 0 Å². The fourth-order valence-corrected chi connectivity index (χ4v) is 1.40. The van der Waals surface area contributed by atoms with Gasteiger partial charge in [-0.2, -0.15) is 0 Å². The van der Waals surface area contributed by atoms with E-state index in [4.69, 9.17) is 10.3 Å². The van der Waals surface area contributed by atoms with Crippen LogP contribution in [0.15, 0.2) is 5.11 Å². The predicted octanol–water partition coefficient (Wildman–Crippen LogP) is -0.833. The van der Waals surface area contributed by atoms with E-state index in [0.717, 1.165) is 0 Å². The summed E-state index contributed by atoms with van der Waals surface area (Å²) in [5.41, 5.74) is 8.08. The summed E-state index contributed by atoms with van der Waals surface area (Å²) in [6, 6.07) is 0. The molecule has 3 N–H and O–H groups in total. The maximum Gasteiger partial charge on any atom is 0.111 e. The molecule has 0 radical (unpaired) electrons. The van der Waals surface area contributed by atoms with Crippen molar-refractivity contribution in [3.63, 3.8) is 0 Å². The maximum atomic E-state index is 9.43. The Balaban J connectivity index is 2.64. The monoisotopic (exact) mass is 203 g/mol. The molecule has 1 aliphatic heterocycles. The van der Waals surface area contributed by atoms with Gasteiger partial charge < -0.3 is 20.1 Å². The van der Waals surface area contributed by atoms with Crippen molar-refractivity contribution < 1.29 is 20.1 Å². The second kappa shape index (κ2) is 4.59. The Morgan fingerprint density at radius 2 is 1.93 bits per heavy atom. The lowest BCUT2D eigenvalue weighted by atomic mass is 9.96. The van der Waals surface area contributed by atoms with E-state index in [1.165, 1.54) is 0 Å². The number of rotatable bonds is 2. The molecular weight excluding hydrogens is 190 g/mol. The van der Waals surface area contributed by atoms with Gasteiger partial charge in [-0.3, -0.25) is 0 Å². The van der Waals surface area contributed by atoms with Gasteiger partial charge >= 0.3 is 0 Å². The lowest BCUT2D eigenvalue weighted by molar-refractivity contribution is -0.213. The van der Waals surface area contributed by atoms with Crippen LogP contribution in [-0.4, -0.2) is 52.4 Å². The van der Waals surface area contributed by atoms with E-state index in [2.05, 4.69) is 10.0 Å². The zero-order chi connectivity index (χ0) is 10.7. The molecule has 1 aliphatic rings. The van der Waals surface area contributed by atoms with Gasteiger partial charge in [-0.25, -0.2) is 0 Å². The van der Waals surface area contributed by atoms with Gasteiger partial charge in [-0.15, -0.1) is 0 Å². The second-order valence-electron chi connectivity index (χ2n) is 3.26. The molecule has 1 saturated heterocycles. The molecule has 0 amide bonds. The van der Waals surface area contributed by atoms with Crippen LogP contribution in [0.25, 0.3) is 10.4 Å². The van der Waals surface area contributed by atoms with Gasteiger partial charge in [0.2, 0.25) is 0 Å². The third-order valence-corrected chi connectivity index (χ3v) is 2.28. The summed E-state index contributed by atoms with van der Waals surface area (Å²) < 4.78 is 5.16. The van der Waals surface area contributed by atoms with E-state index in [9.17, 15) is 15.3 Å². The Bertz CT molecular complexity index is 243. The normalized spacial score (nSPS) is 43.0. The van der Waals surface area contributed by atoms with Crippen LogP contribution in [0.3, 0.4) is 0 Å². The lowest BCUT2D eigenvalue weighted by Crippen LogP contribution is -2.57. The van der Waals surface area contributed by atoms with Crippen molar-refractivity contribution >= 4 is 0 Å². The molecule has 5 atom stereocenters. The first-order valence-electron chi connectivity index (χ1n) is 4.28. The number of aliphatic hydroxyl groups is 3. The fourth-order valence-electron chi connectivity index (χ4n) is 1.40. The van der Waals surface area contributed by atoms with Gasteiger partial charge in [-0.05, 0) is 12.5 Å². The largest absolute Gasteiger partial charge is 0.388 e. The van der Waals surface area contributed by atoms with Crippen LogP contribution in [0, 0.1) is 0 Å². The molecule has 14 heavy (non-hydrogen) atoms. The van der Waals surface area contributed by atoms with Crippen molar-refractivity contribution in [2.24, 2.45) is 5.11 Å². The van der Waals surface area contributed by atoms with Crippen molar-refractivity contribution in [1.82, 2.24) is 0 Å². The molecule has 0 aromatic heterocycles. The molecule has 0 saturated carbocycles. The minimum absolute atomic E-state index is 0.0637. The molecule has 0 aromatic carbocycles. The Kier molecular flexibility index (Phi) is 3.68. The van der Waals surface area contributed by atoms with Crippen molar-refractivity contribution in [1.29, 1.82) is 0 Å². The summed E-state index contributed by atoms with van der Waals surface area (Å²) in [4.78, 5) is 2.52. The molecule has 1 rings (SSSR count). The van der Waals surface area contributed by atoms with E-state index in [1.807, 2.05) is 0 Å². The van der Waals surface area contributed by atoms with E-state index >= 15 is 0 Å². The van der Waals surface area contributed by atoms with Crippen LogP contribution in [0.1, 0.15) is 6.92 Å². The first-order chi connectivity index (χ1) is 6.57. The van der Waals surface area contributed by atoms with Gasteiger partial charge in [0.15, 0.2) is 0 Å². The Hall–Kier alpha value is -0.850. The maximum absolute atomic E-state index is 9.43. The molecule has 0 spiro atoms. The van der Waals surface area contributed by atoms with Gasteiger partial charge in [0, 0.05) is 4.91 Å². The van der Waals surface area contributed by atoms with Crippen molar-refractivity contribution in [3.8, 4) is 0 Å². The highest BCUT2D eigenvalue weighted by Gasteiger charge is 2.41. The summed E-state index contributed by atoms with van der Waals surface area (Å²) in [6.07, 6.45) is -4.97. The standard InChI is InChI=1S/C7H13N3O4/c1-3-5(11)7(13)6(12)4(14-3)2-9-10-8/h3-7,11-13H,2H2,1H3/t3-,4?,5?,6+,7?/m0/s1. The average Bonchev–Trinajstić information content (AvgIpc) is 2.18. The zero-order valence-corrected chi connectivity index (χ0v) is 7.69. The molecule has 80 valence electrons. The van der Waals surface area contributed by atoms with E-state index in [0.29, 0.717) is 0 Å². The molecule has 0 aromatic rings. The van der Waals surface area contributed by atoms with Crippen LogP contribution in [0.4, 0.5) is 0 Å². The molecule has 0 bridgehead atoms. The Morgan fingerprint density at radius 1 is 1.29 bits per heavy atom. The van der Waals surface area contributed by atoms with E-state index < -0.39 is 30.5 Å². The van der Waals surface area contributed by atoms with Gasteiger partial charge in [0.25, 0.3) is 0 Å². The molecule has 7 nitrogen and oxygen atoms in total. The topological polar surface area (TPSA) is 119 Å². The van der Waals surface area contributed by atoms with Crippen molar-refractivity contribution in [3.05, 3.63) is 10.4 Å². The Morgan fingerprint density at radius 3 is 2.50 bits per heavy atom. The molecular formula is C7H13N3O4. The molecule has 0 aliphatic carbocycles. The molecule has 1 fully saturated rings. The highest BCUT2D eigenvalue weighted by atomic mass is 16.5. The highest BCUT2D eigenvalue weighted by molar-refractivity contribution is 4.91. The van der Waals surface area contributed by atoms with Crippen LogP contribution in [-0.2, 0) is 4.74 Å². The van der Waals surface area contributed by atoms with Crippen LogP contribution >= 0.6 is 0 Å².